The zero-order valence-electron chi connectivity index (χ0n) is 36.2. The lowest BCUT2D eigenvalue weighted by atomic mass is 10.1. The lowest BCUT2D eigenvalue weighted by molar-refractivity contribution is 0.483. The summed E-state index contributed by atoms with van der Waals surface area (Å²) in [5.41, 5.74) is 11.9. The van der Waals surface area contributed by atoms with Gasteiger partial charge in [-0.1, -0.05) is 91.0 Å². The molecule has 292 valence electrons. The summed E-state index contributed by atoms with van der Waals surface area (Å²) in [6.45, 7) is -2.09. The van der Waals surface area contributed by atoms with E-state index in [2.05, 4.69) is 135 Å². The smallest absolute Gasteiger partial charge is 0.145 e. The molecule has 0 aliphatic carbocycles. The van der Waals surface area contributed by atoms with Gasteiger partial charge in [0.2, 0.25) is 0 Å². The Kier molecular flexibility index (Phi) is 6.13. The second-order valence-corrected chi connectivity index (χ2v) is 16.3. The predicted octanol–water partition coefficient (Wildman–Crippen LogP) is 13.8. The number of pyridine rings is 1. The molecule has 0 amide bonds. The standard InChI is InChI=1S/C55H36N6O/c1-57-33-58(50-25-9-8-24-49(50)57)34-13-10-14-36(29-34)62-37-26-27-41-45-30-35(59-46-21-5-2-15-38(46)39-16-3-6-22-47(39)59)31-52-54(45)61(51(41)32-37)55-44(20-12-28-56-55)43-19-11-18-42-40-17-4-7-23-48(40)60(52)53(42)43/h2-32H,33H2,1H3/i1D3. The highest BCUT2D eigenvalue weighted by Crippen LogP contribution is 2.44. The lowest BCUT2D eigenvalue weighted by Crippen LogP contribution is -2.23. The van der Waals surface area contributed by atoms with Crippen LogP contribution in [-0.2, 0) is 0 Å². The topological polar surface area (TPSA) is 42.3 Å². The van der Waals surface area contributed by atoms with Gasteiger partial charge in [-0.2, -0.15) is 0 Å². The number of para-hydroxylation sites is 6. The van der Waals surface area contributed by atoms with E-state index in [9.17, 15) is 0 Å². The number of aromatic nitrogens is 4. The minimum absolute atomic E-state index is 0.197. The Morgan fingerprint density at radius 3 is 1.90 bits per heavy atom. The molecule has 0 atom stereocenters. The van der Waals surface area contributed by atoms with Gasteiger partial charge in [-0.3, -0.25) is 4.40 Å². The normalized spacial score (nSPS) is 14.0. The summed E-state index contributed by atoms with van der Waals surface area (Å²) in [4.78, 5) is 8.69. The van der Waals surface area contributed by atoms with Crippen molar-refractivity contribution in [3.05, 3.63) is 188 Å². The van der Waals surface area contributed by atoms with Gasteiger partial charge in [-0.15, -0.1) is 0 Å². The highest BCUT2D eigenvalue weighted by Gasteiger charge is 2.25. The molecule has 7 heteroatoms. The number of nitrogens with zero attached hydrogens (tertiary/aromatic N) is 6. The molecule has 1 aliphatic rings. The molecule has 8 aromatic carbocycles. The quantitative estimate of drug-likeness (QED) is 0.178. The van der Waals surface area contributed by atoms with Crippen LogP contribution in [0.2, 0.25) is 0 Å². The van der Waals surface area contributed by atoms with Crippen LogP contribution >= 0.6 is 0 Å². The van der Waals surface area contributed by atoms with Gasteiger partial charge in [0, 0.05) is 83.9 Å². The Balaban J connectivity index is 1.06. The number of rotatable bonds is 4. The zero-order valence-corrected chi connectivity index (χ0v) is 33.2. The van der Waals surface area contributed by atoms with Gasteiger partial charge >= 0.3 is 0 Å². The molecule has 0 bridgehead atoms. The summed E-state index contributed by atoms with van der Waals surface area (Å²) in [6, 6.07) is 63.5. The van der Waals surface area contributed by atoms with Crippen LogP contribution in [-0.4, -0.2) is 32.0 Å². The largest absolute Gasteiger partial charge is 0.457 e. The number of ether oxygens (including phenoxy) is 1. The monoisotopic (exact) mass is 799 g/mol. The summed E-state index contributed by atoms with van der Waals surface area (Å²) in [6.07, 6.45) is 1.88. The van der Waals surface area contributed by atoms with Gasteiger partial charge in [0.1, 0.15) is 17.1 Å². The minimum atomic E-state index is -2.28. The highest BCUT2D eigenvalue weighted by molar-refractivity contribution is 6.23. The van der Waals surface area contributed by atoms with Crippen LogP contribution < -0.4 is 14.5 Å². The molecule has 0 fully saturated rings. The van der Waals surface area contributed by atoms with Crippen molar-refractivity contribution in [1.82, 2.24) is 18.4 Å². The van der Waals surface area contributed by atoms with E-state index in [1.807, 2.05) is 71.8 Å². The van der Waals surface area contributed by atoms with Crippen molar-refractivity contribution >= 4 is 104 Å². The first kappa shape index (κ1) is 30.7. The molecule has 5 aromatic heterocycles. The van der Waals surface area contributed by atoms with Crippen molar-refractivity contribution in [1.29, 1.82) is 0 Å². The van der Waals surface area contributed by atoms with E-state index in [4.69, 9.17) is 13.8 Å². The van der Waals surface area contributed by atoms with E-state index >= 15 is 0 Å². The first-order chi connectivity index (χ1) is 31.9. The van der Waals surface area contributed by atoms with Crippen molar-refractivity contribution in [2.75, 3.05) is 23.4 Å². The molecule has 62 heavy (non-hydrogen) atoms. The molecule has 1 aliphatic heterocycles. The highest BCUT2D eigenvalue weighted by atomic mass is 16.5. The fourth-order valence-electron chi connectivity index (χ4n) is 10.4. The van der Waals surface area contributed by atoms with E-state index in [0.717, 1.165) is 82.9 Å². The molecule has 0 N–H and O–H groups in total. The fraction of sp³-hybridized carbons (Fsp3) is 0.0364. The van der Waals surface area contributed by atoms with Crippen LogP contribution in [0.25, 0.3) is 93.0 Å². The average molecular weight is 800 g/mol. The van der Waals surface area contributed by atoms with Crippen LogP contribution in [0.4, 0.5) is 17.1 Å². The Morgan fingerprint density at radius 1 is 0.452 bits per heavy atom. The molecule has 0 radical (unpaired) electrons. The molecule has 0 unspecified atom stereocenters. The Labute approximate surface area is 359 Å². The fourth-order valence-corrected chi connectivity index (χ4v) is 10.4. The third-order valence-electron chi connectivity index (χ3n) is 13.0. The van der Waals surface area contributed by atoms with Crippen LogP contribution in [0.5, 0.6) is 11.5 Å². The first-order valence-electron chi connectivity index (χ1n) is 22.4. The van der Waals surface area contributed by atoms with E-state index in [-0.39, 0.29) is 6.67 Å². The summed E-state index contributed by atoms with van der Waals surface area (Å²) in [7, 11) is 0. The molecule has 0 saturated carbocycles. The zero-order chi connectivity index (χ0) is 43.1. The van der Waals surface area contributed by atoms with Crippen LogP contribution in [0, 0.1) is 0 Å². The maximum atomic E-state index is 8.23. The van der Waals surface area contributed by atoms with Gasteiger partial charge in [0.15, 0.2) is 0 Å². The van der Waals surface area contributed by atoms with Gasteiger partial charge in [-0.25, -0.2) is 4.98 Å². The molecule has 6 heterocycles. The van der Waals surface area contributed by atoms with Crippen LogP contribution in [0.3, 0.4) is 0 Å². The first-order valence-corrected chi connectivity index (χ1v) is 20.9. The van der Waals surface area contributed by atoms with Gasteiger partial charge < -0.3 is 23.5 Å². The SMILES string of the molecule is [2H]C([2H])([2H])N1CN(c2cccc(Oc3ccc4c5cc(-n6c7ccccc7c7ccccc76)cc6c5n(c4c3)c3ncccc3c3cccc4c5ccccc5n6c43)c2)c2ccccc21. The Morgan fingerprint density at radius 2 is 1.10 bits per heavy atom. The van der Waals surface area contributed by atoms with E-state index in [0.29, 0.717) is 17.2 Å². The van der Waals surface area contributed by atoms with Crippen molar-refractivity contribution in [2.45, 2.75) is 0 Å². The summed E-state index contributed by atoms with van der Waals surface area (Å²) in [5.74, 6) is 1.30. The minimum Gasteiger partial charge on any atom is -0.457 e. The van der Waals surface area contributed by atoms with E-state index in [1.165, 1.54) is 26.4 Å². The van der Waals surface area contributed by atoms with Crippen LogP contribution in [0.1, 0.15) is 4.11 Å². The summed E-state index contributed by atoms with van der Waals surface area (Å²) >= 11 is 0. The molecule has 0 saturated heterocycles. The number of benzene rings is 8. The number of anilines is 3. The summed E-state index contributed by atoms with van der Waals surface area (Å²) < 4.78 is 38.7. The van der Waals surface area contributed by atoms with Gasteiger partial charge in [-0.05, 0) is 78.9 Å². The van der Waals surface area contributed by atoms with Gasteiger partial charge in [0.25, 0.3) is 0 Å². The predicted molar refractivity (Wildman–Crippen MR) is 256 cm³/mol. The Hall–Kier alpha value is -8.29. The molecule has 13 aromatic rings. The van der Waals surface area contributed by atoms with Gasteiger partial charge in [0.05, 0.1) is 56.7 Å². The van der Waals surface area contributed by atoms with Crippen molar-refractivity contribution in [2.24, 2.45) is 0 Å². The molecular formula is C55H36N6O. The number of hydrogen-bond donors (Lipinski definition) is 0. The van der Waals surface area contributed by atoms with Crippen molar-refractivity contribution < 1.29 is 8.85 Å². The average Bonchev–Trinajstić information content (AvgIpc) is 4.08. The van der Waals surface area contributed by atoms with Crippen molar-refractivity contribution in [3.63, 3.8) is 0 Å². The second-order valence-electron chi connectivity index (χ2n) is 16.3. The molecular weight excluding hydrogens is 761 g/mol. The molecule has 14 rings (SSSR count). The Bertz CT molecular complexity index is 4110. The summed E-state index contributed by atoms with van der Waals surface area (Å²) in [5, 5.41) is 9.10. The van der Waals surface area contributed by atoms with Crippen molar-refractivity contribution in [3.8, 4) is 17.2 Å². The molecule has 0 spiro atoms. The maximum absolute atomic E-state index is 8.23. The van der Waals surface area contributed by atoms with Crippen LogP contribution in [0.15, 0.2) is 188 Å². The maximum Gasteiger partial charge on any atom is 0.145 e. The lowest BCUT2D eigenvalue weighted by Gasteiger charge is -2.20. The third kappa shape index (κ3) is 4.51. The van der Waals surface area contributed by atoms with E-state index < -0.39 is 6.98 Å². The van der Waals surface area contributed by atoms with E-state index in [1.54, 1.807) is 0 Å². The molecule has 7 nitrogen and oxygen atoms in total. The number of fused-ring (bicyclic) bond motifs is 14. The number of hydrogen-bond acceptors (Lipinski definition) is 4. The third-order valence-corrected chi connectivity index (χ3v) is 13.0. The second kappa shape index (κ2) is 12.4.